The van der Waals surface area contributed by atoms with E-state index in [1.165, 1.54) is 22.5 Å². The van der Waals surface area contributed by atoms with Gasteiger partial charge in [0.2, 0.25) is 10.0 Å². The van der Waals surface area contributed by atoms with Crippen molar-refractivity contribution in [3.63, 3.8) is 0 Å². The maximum atomic E-state index is 15.1. The minimum atomic E-state index is -3.63. The van der Waals surface area contributed by atoms with Gasteiger partial charge in [0, 0.05) is 24.4 Å². The number of allylic oxidation sites excluding steroid dienone is 3. The van der Waals surface area contributed by atoms with Crippen LogP contribution in [0.2, 0.25) is 0 Å². The minimum absolute atomic E-state index is 0.0352. The van der Waals surface area contributed by atoms with Gasteiger partial charge in [-0.25, -0.2) is 21.2 Å². The Morgan fingerprint density at radius 3 is 2.48 bits per heavy atom. The molecule has 0 saturated carbocycles. The highest BCUT2D eigenvalue weighted by Crippen LogP contribution is 2.34. The molecular weight excluding hydrogens is 461 g/mol. The zero-order chi connectivity index (χ0) is 23.8. The van der Waals surface area contributed by atoms with Crippen molar-refractivity contribution in [2.45, 2.75) is 55.3 Å². The van der Waals surface area contributed by atoms with Crippen LogP contribution < -0.4 is 0 Å². The Morgan fingerprint density at radius 2 is 1.82 bits per heavy atom. The van der Waals surface area contributed by atoms with Gasteiger partial charge in [0.1, 0.15) is 11.1 Å². The Morgan fingerprint density at radius 1 is 1.06 bits per heavy atom. The lowest BCUT2D eigenvalue weighted by Crippen LogP contribution is -2.48. The molecule has 1 aliphatic heterocycles. The number of rotatable bonds is 5. The molecule has 2 aliphatic rings. The number of sulfone groups is 1. The molecule has 2 aromatic carbocycles. The summed E-state index contributed by atoms with van der Waals surface area (Å²) >= 11 is 0. The first-order valence-electron chi connectivity index (χ1n) is 11.0. The van der Waals surface area contributed by atoms with Gasteiger partial charge in [0.25, 0.3) is 0 Å². The number of nitrogens with zero attached hydrogens (tertiary/aromatic N) is 1. The third kappa shape index (κ3) is 4.98. The zero-order valence-corrected chi connectivity index (χ0v) is 20.4. The van der Waals surface area contributed by atoms with E-state index in [9.17, 15) is 16.8 Å². The van der Waals surface area contributed by atoms with E-state index in [0.717, 1.165) is 24.7 Å². The summed E-state index contributed by atoms with van der Waals surface area (Å²) in [6.45, 7) is 1.83. The summed E-state index contributed by atoms with van der Waals surface area (Å²) in [7, 11) is -7.01. The molecule has 0 amide bonds. The van der Waals surface area contributed by atoms with Gasteiger partial charge < -0.3 is 0 Å². The van der Waals surface area contributed by atoms with Gasteiger partial charge in [0.05, 0.1) is 4.90 Å². The van der Waals surface area contributed by atoms with Gasteiger partial charge in [-0.05, 0) is 67.5 Å². The van der Waals surface area contributed by atoms with Crippen molar-refractivity contribution in [3.05, 3.63) is 77.6 Å². The van der Waals surface area contributed by atoms with Crippen molar-refractivity contribution in [2.75, 3.05) is 6.26 Å². The SMILES string of the molecule is CC1CCC(C2=CCCC=C2)S(=O)(=O)N1Cc1ccc(-c2cccc(S(C)(=O)=O)c2)cc1F. The topological polar surface area (TPSA) is 71.5 Å². The Bertz CT molecular complexity index is 1330. The quantitative estimate of drug-likeness (QED) is 0.602. The molecule has 0 radical (unpaired) electrons. The average molecular weight is 490 g/mol. The van der Waals surface area contributed by atoms with Crippen LogP contribution in [0.5, 0.6) is 0 Å². The van der Waals surface area contributed by atoms with Crippen molar-refractivity contribution in [1.82, 2.24) is 4.31 Å². The van der Waals surface area contributed by atoms with Gasteiger partial charge in [-0.15, -0.1) is 0 Å². The van der Waals surface area contributed by atoms with Crippen molar-refractivity contribution in [3.8, 4) is 11.1 Å². The number of hydrogen-bond acceptors (Lipinski definition) is 4. The second kappa shape index (κ2) is 9.16. The summed E-state index contributed by atoms with van der Waals surface area (Å²) in [5.74, 6) is -0.515. The van der Waals surface area contributed by atoms with Crippen LogP contribution in [0.25, 0.3) is 11.1 Å². The molecule has 8 heteroatoms. The van der Waals surface area contributed by atoms with E-state index in [1.807, 2.05) is 25.2 Å². The van der Waals surface area contributed by atoms with Crippen LogP contribution in [-0.4, -0.2) is 38.7 Å². The van der Waals surface area contributed by atoms with Crippen molar-refractivity contribution < 1.29 is 21.2 Å². The number of sulfonamides is 1. The third-order valence-corrected chi connectivity index (χ3v) is 9.87. The number of benzene rings is 2. The fraction of sp³-hybridized carbons (Fsp3) is 0.360. The molecule has 33 heavy (non-hydrogen) atoms. The van der Waals surface area contributed by atoms with E-state index >= 15 is 4.39 Å². The zero-order valence-electron chi connectivity index (χ0n) is 18.7. The first-order valence-corrected chi connectivity index (χ1v) is 14.4. The number of halogens is 1. The largest absolute Gasteiger partial charge is 0.224 e. The first kappa shape index (κ1) is 23.9. The highest BCUT2D eigenvalue weighted by molar-refractivity contribution is 7.90. The minimum Gasteiger partial charge on any atom is -0.224 e. The lowest BCUT2D eigenvalue weighted by molar-refractivity contribution is 0.284. The van der Waals surface area contributed by atoms with Crippen LogP contribution in [0.1, 0.15) is 38.2 Å². The predicted octanol–water partition coefficient (Wildman–Crippen LogP) is 4.86. The molecule has 4 rings (SSSR count). The van der Waals surface area contributed by atoms with E-state index in [-0.39, 0.29) is 17.5 Å². The van der Waals surface area contributed by atoms with E-state index in [2.05, 4.69) is 0 Å². The maximum absolute atomic E-state index is 15.1. The van der Waals surface area contributed by atoms with Gasteiger partial charge in [-0.1, -0.05) is 42.5 Å². The molecule has 2 unspecified atom stereocenters. The van der Waals surface area contributed by atoms with Crippen LogP contribution >= 0.6 is 0 Å². The average Bonchev–Trinajstić information content (AvgIpc) is 2.77. The van der Waals surface area contributed by atoms with E-state index in [1.54, 1.807) is 24.3 Å². The fourth-order valence-electron chi connectivity index (χ4n) is 4.49. The molecule has 1 fully saturated rings. The smallest absolute Gasteiger partial charge is 0.221 e. The Hall–Kier alpha value is -2.29. The summed E-state index contributed by atoms with van der Waals surface area (Å²) in [5.41, 5.74) is 2.24. The predicted molar refractivity (Wildman–Crippen MR) is 128 cm³/mol. The lowest BCUT2D eigenvalue weighted by atomic mass is 9.99. The summed E-state index contributed by atoms with van der Waals surface area (Å²) in [6.07, 6.45) is 10.1. The van der Waals surface area contributed by atoms with Crippen LogP contribution in [0.4, 0.5) is 4.39 Å². The summed E-state index contributed by atoms with van der Waals surface area (Å²) < 4.78 is 67.1. The molecule has 0 spiro atoms. The maximum Gasteiger partial charge on any atom is 0.221 e. The van der Waals surface area contributed by atoms with E-state index in [4.69, 9.17) is 0 Å². The Labute approximate surface area is 195 Å². The first-order chi connectivity index (χ1) is 15.6. The number of hydrogen-bond donors (Lipinski definition) is 0. The fourth-order valence-corrected chi connectivity index (χ4v) is 7.36. The molecule has 0 N–H and O–H groups in total. The molecule has 2 aromatic rings. The van der Waals surface area contributed by atoms with Crippen molar-refractivity contribution >= 4 is 19.9 Å². The third-order valence-electron chi connectivity index (χ3n) is 6.39. The summed E-state index contributed by atoms with van der Waals surface area (Å²) in [4.78, 5) is 0.162. The Kier molecular flexibility index (Phi) is 6.62. The van der Waals surface area contributed by atoms with Crippen LogP contribution in [0.3, 0.4) is 0 Å². The molecule has 0 aromatic heterocycles. The molecular formula is C25H28FNO4S2. The normalized spacial score (nSPS) is 23.3. The highest BCUT2D eigenvalue weighted by atomic mass is 32.2. The molecule has 176 valence electrons. The summed E-state index contributed by atoms with van der Waals surface area (Å²) in [5, 5.41) is -0.591. The van der Waals surface area contributed by atoms with Gasteiger partial charge >= 0.3 is 0 Å². The second-order valence-corrected chi connectivity index (χ2v) is 12.9. The molecule has 0 bridgehead atoms. The molecule has 1 saturated heterocycles. The van der Waals surface area contributed by atoms with Crippen molar-refractivity contribution in [1.29, 1.82) is 0 Å². The van der Waals surface area contributed by atoms with Crippen LogP contribution in [-0.2, 0) is 26.4 Å². The second-order valence-electron chi connectivity index (χ2n) is 8.80. The molecule has 2 atom stereocenters. The van der Waals surface area contributed by atoms with Gasteiger partial charge in [-0.2, -0.15) is 4.31 Å². The molecule has 1 aliphatic carbocycles. The summed E-state index contributed by atoms with van der Waals surface area (Å²) in [6, 6.07) is 10.8. The van der Waals surface area contributed by atoms with E-state index < -0.39 is 30.9 Å². The van der Waals surface area contributed by atoms with Gasteiger partial charge in [-0.3, -0.25) is 0 Å². The van der Waals surface area contributed by atoms with Crippen LogP contribution in [0.15, 0.2) is 71.2 Å². The van der Waals surface area contributed by atoms with Crippen LogP contribution in [0, 0.1) is 5.82 Å². The standard InChI is InChI=1S/C25H28FNO4S2/c1-18-11-14-25(19-7-4-3-5-8-19)33(30,31)27(18)17-22-13-12-21(16-24(22)26)20-9-6-10-23(15-20)32(2,28)29/h4,6-10,12-13,15-16,18,25H,3,5,11,14,17H2,1-2H3. The highest BCUT2D eigenvalue weighted by Gasteiger charge is 2.41. The van der Waals surface area contributed by atoms with Gasteiger partial charge in [0.15, 0.2) is 9.84 Å². The lowest BCUT2D eigenvalue weighted by Gasteiger charge is -2.38. The van der Waals surface area contributed by atoms with E-state index in [0.29, 0.717) is 29.5 Å². The molecule has 1 heterocycles. The molecule has 5 nitrogen and oxygen atoms in total. The Balaban J connectivity index is 1.61. The van der Waals surface area contributed by atoms with Crippen molar-refractivity contribution in [2.24, 2.45) is 0 Å². The monoisotopic (exact) mass is 489 g/mol.